The first-order chi connectivity index (χ1) is 14.2. The van der Waals surface area contributed by atoms with Crippen molar-refractivity contribution in [1.82, 2.24) is 9.62 Å². The summed E-state index contributed by atoms with van der Waals surface area (Å²) in [6.07, 6.45) is 1.34. The molecule has 0 radical (unpaired) electrons. The standard InChI is InChI=1S/C22H27N3O4S/c1-15-6-4-7-18(12-15)24-22(27)21(26)23-14-19-8-5-11-25(19)30(28,29)20-13-16(2)9-10-17(20)3/h4,6-7,9-10,12-13,19H,5,8,11,14H2,1-3H3,(H,23,26)(H,24,27)/t19-/m1/s1. The Morgan fingerprint density at radius 3 is 2.50 bits per heavy atom. The number of aryl methyl sites for hydroxylation is 3. The van der Waals surface area contributed by atoms with Crippen LogP contribution in [0.5, 0.6) is 0 Å². The van der Waals surface area contributed by atoms with Crippen LogP contribution in [0.15, 0.2) is 47.4 Å². The van der Waals surface area contributed by atoms with E-state index in [0.29, 0.717) is 30.6 Å². The molecular weight excluding hydrogens is 402 g/mol. The van der Waals surface area contributed by atoms with Crippen molar-refractivity contribution in [2.45, 2.75) is 44.6 Å². The molecule has 0 aromatic heterocycles. The number of anilines is 1. The molecule has 7 nitrogen and oxygen atoms in total. The lowest BCUT2D eigenvalue weighted by Crippen LogP contribution is -2.45. The summed E-state index contributed by atoms with van der Waals surface area (Å²) in [4.78, 5) is 24.7. The minimum absolute atomic E-state index is 0.0875. The largest absolute Gasteiger partial charge is 0.346 e. The van der Waals surface area contributed by atoms with Crippen LogP contribution in [0, 0.1) is 20.8 Å². The third kappa shape index (κ3) is 4.88. The van der Waals surface area contributed by atoms with Crippen LogP contribution in [0.4, 0.5) is 5.69 Å². The van der Waals surface area contributed by atoms with E-state index in [1.165, 1.54) is 4.31 Å². The van der Waals surface area contributed by atoms with Crippen LogP contribution in [-0.4, -0.2) is 43.7 Å². The van der Waals surface area contributed by atoms with Crippen LogP contribution in [-0.2, 0) is 19.6 Å². The average Bonchev–Trinajstić information content (AvgIpc) is 3.17. The fraction of sp³-hybridized carbons (Fsp3) is 0.364. The molecule has 0 unspecified atom stereocenters. The minimum Gasteiger partial charge on any atom is -0.346 e. The molecule has 8 heteroatoms. The number of sulfonamides is 1. The number of hydrogen-bond donors (Lipinski definition) is 2. The van der Waals surface area contributed by atoms with Crippen LogP contribution in [0.25, 0.3) is 0 Å². The molecule has 30 heavy (non-hydrogen) atoms. The normalized spacial score (nSPS) is 17.0. The van der Waals surface area contributed by atoms with Crippen molar-refractivity contribution in [1.29, 1.82) is 0 Å². The number of rotatable bonds is 5. The average molecular weight is 430 g/mol. The Morgan fingerprint density at radius 2 is 1.77 bits per heavy atom. The van der Waals surface area contributed by atoms with Crippen molar-refractivity contribution in [2.24, 2.45) is 0 Å². The summed E-state index contributed by atoms with van der Waals surface area (Å²) in [5.74, 6) is -1.56. The summed E-state index contributed by atoms with van der Waals surface area (Å²) in [5.41, 5.74) is 3.06. The van der Waals surface area contributed by atoms with Gasteiger partial charge in [0.1, 0.15) is 0 Å². The van der Waals surface area contributed by atoms with Gasteiger partial charge in [0.05, 0.1) is 4.90 Å². The monoisotopic (exact) mass is 429 g/mol. The van der Waals surface area contributed by atoms with Gasteiger partial charge in [-0.25, -0.2) is 8.42 Å². The van der Waals surface area contributed by atoms with E-state index in [0.717, 1.165) is 11.1 Å². The molecule has 1 fully saturated rings. The van der Waals surface area contributed by atoms with E-state index in [1.54, 1.807) is 37.3 Å². The highest BCUT2D eigenvalue weighted by atomic mass is 32.2. The highest BCUT2D eigenvalue weighted by Crippen LogP contribution is 2.28. The third-order valence-corrected chi connectivity index (χ3v) is 7.33. The summed E-state index contributed by atoms with van der Waals surface area (Å²) in [5, 5.41) is 5.14. The maximum atomic E-state index is 13.2. The van der Waals surface area contributed by atoms with E-state index >= 15 is 0 Å². The Morgan fingerprint density at radius 1 is 1.03 bits per heavy atom. The molecule has 160 valence electrons. The molecule has 1 saturated heterocycles. The summed E-state index contributed by atoms with van der Waals surface area (Å²) in [6.45, 7) is 6.00. The van der Waals surface area contributed by atoms with Gasteiger partial charge in [0.25, 0.3) is 0 Å². The summed E-state index contributed by atoms with van der Waals surface area (Å²) in [6, 6.07) is 12.1. The lowest BCUT2D eigenvalue weighted by Gasteiger charge is -2.25. The predicted octanol–water partition coefficient (Wildman–Crippen LogP) is 2.52. The van der Waals surface area contributed by atoms with Crippen LogP contribution < -0.4 is 10.6 Å². The Labute approximate surface area is 177 Å². The second kappa shape index (κ2) is 8.97. The van der Waals surface area contributed by atoms with Gasteiger partial charge in [-0.3, -0.25) is 9.59 Å². The molecule has 0 spiro atoms. The first-order valence-electron chi connectivity index (χ1n) is 9.93. The molecule has 0 saturated carbocycles. The maximum Gasteiger partial charge on any atom is 0.313 e. The van der Waals surface area contributed by atoms with Crippen molar-refractivity contribution >= 4 is 27.5 Å². The van der Waals surface area contributed by atoms with Crippen LogP contribution in [0.2, 0.25) is 0 Å². The van der Waals surface area contributed by atoms with Crippen LogP contribution >= 0.6 is 0 Å². The molecule has 2 amide bonds. The summed E-state index contributed by atoms with van der Waals surface area (Å²) in [7, 11) is -3.68. The number of nitrogens with zero attached hydrogens (tertiary/aromatic N) is 1. The quantitative estimate of drug-likeness (QED) is 0.714. The highest BCUT2D eigenvalue weighted by molar-refractivity contribution is 7.89. The molecule has 3 rings (SSSR count). The van der Waals surface area contributed by atoms with Gasteiger partial charge in [0.15, 0.2) is 0 Å². The molecule has 1 aliphatic rings. The number of amides is 2. The molecule has 2 N–H and O–H groups in total. The number of carbonyl (C=O) groups excluding carboxylic acids is 2. The van der Waals surface area contributed by atoms with Gasteiger partial charge in [0.2, 0.25) is 10.0 Å². The molecule has 1 atom stereocenters. The van der Waals surface area contributed by atoms with Gasteiger partial charge in [0, 0.05) is 24.8 Å². The number of benzene rings is 2. The topological polar surface area (TPSA) is 95.6 Å². The lowest BCUT2D eigenvalue weighted by atomic mass is 10.2. The summed E-state index contributed by atoms with van der Waals surface area (Å²) < 4.78 is 27.8. The van der Waals surface area contributed by atoms with Crippen molar-refractivity contribution in [2.75, 3.05) is 18.4 Å². The number of nitrogens with one attached hydrogen (secondary N) is 2. The van der Waals surface area contributed by atoms with E-state index in [9.17, 15) is 18.0 Å². The van der Waals surface area contributed by atoms with E-state index in [1.807, 2.05) is 26.0 Å². The van der Waals surface area contributed by atoms with E-state index in [4.69, 9.17) is 0 Å². The first kappa shape index (κ1) is 22.0. The minimum atomic E-state index is -3.68. The molecule has 0 bridgehead atoms. The van der Waals surface area contributed by atoms with Gasteiger partial charge < -0.3 is 10.6 Å². The van der Waals surface area contributed by atoms with Crippen molar-refractivity contribution < 1.29 is 18.0 Å². The number of carbonyl (C=O) groups is 2. The zero-order valence-corrected chi connectivity index (χ0v) is 18.3. The molecule has 2 aromatic rings. The van der Waals surface area contributed by atoms with Crippen LogP contribution in [0.3, 0.4) is 0 Å². The van der Waals surface area contributed by atoms with E-state index in [-0.39, 0.29) is 17.5 Å². The molecule has 1 heterocycles. The Kier molecular flexibility index (Phi) is 6.58. The fourth-order valence-electron chi connectivity index (χ4n) is 3.64. The van der Waals surface area contributed by atoms with E-state index in [2.05, 4.69) is 10.6 Å². The predicted molar refractivity (Wildman–Crippen MR) is 116 cm³/mol. The Balaban J connectivity index is 1.65. The zero-order valence-electron chi connectivity index (χ0n) is 17.4. The molecule has 1 aliphatic heterocycles. The van der Waals surface area contributed by atoms with Gasteiger partial charge in [-0.1, -0.05) is 24.3 Å². The van der Waals surface area contributed by atoms with E-state index < -0.39 is 21.8 Å². The number of hydrogen-bond acceptors (Lipinski definition) is 4. The second-order valence-corrected chi connectivity index (χ2v) is 9.57. The Bertz CT molecular complexity index is 1070. The smallest absolute Gasteiger partial charge is 0.313 e. The first-order valence-corrected chi connectivity index (χ1v) is 11.4. The lowest BCUT2D eigenvalue weighted by molar-refractivity contribution is -0.136. The van der Waals surface area contributed by atoms with Crippen molar-refractivity contribution in [3.05, 3.63) is 59.2 Å². The van der Waals surface area contributed by atoms with Crippen molar-refractivity contribution in [3.63, 3.8) is 0 Å². The van der Waals surface area contributed by atoms with Gasteiger partial charge in [-0.2, -0.15) is 4.31 Å². The zero-order chi connectivity index (χ0) is 21.9. The third-order valence-electron chi connectivity index (χ3n) is 5.23. The SMILES string of the molecule is Cc1cccc(NC(=O)C(=O)NC[C@H]2CCCN2S(=O)(=O)c2cc(C)ccc2C)c1. The molecule has 2 aromatic carbocycles. The van der Waals surface area contributed by atoms with Gasteiger partial charge >= 0.3 is 11.8 Å². The highest BCUT2D eigenvalue weighted by Gasteiger charge is 2.36. The molecular formula is C22H27N3O4S. The van der Waals surface area contributed by atoms with Gasteiger partial charge in [-0.15, -0.1) is 0 Å². The van der Waals surface area contributed by atoms with Crippen molar-refractivity contribution in [3.8, 4) is 0 Å². The second-order valence-electron chi connectivity index (χ2n) is 7.71. The van der Waals surface area contributed by atoms with Gasteiger partial charge in [-0.05, 0) is 68.5 Å². The van der Waals surface area contributed by atoms with Crippen LogP contribution in [0.1, 0.15) is 29.5 Å². The maximum absolute atomic E-state index is 13.2. The molecule has 0 aliphatic carbocycles. The summed E-state index contributed by atoms with van der Waals surface area (Å²) >= 11 is 0. The Hall–Kier alpha value is -2.71. The fourth-order valence-corrected chi connectivity index (χ4v) is 5.65.